The molecule has 0 aliphatic heterocycles. The Morgan fingerprint density at radius 1 is 1.29 bits per heavy atom. The van der Waals surface area contributed by atoms with Gasteiger partial charge in [-0.2, -0.15) is 0 Å². The van der Waals surface area contributed by atoms with Gasteiger partial charge in [-0.05, 0) is 29.1 Å². The Labute approximate surface area is 126 Å². The van der Waals surface area contributed by atoms with Crippen molar-refractivity contribution in [3.05, 3.63) is 59.2 Å². The number of hydrogen-bond donors (Lipinski definition) is 1. The number of aryl methyl sites for hydroxylation is 1. The van der Waals surface area contributed by atoms with E-state index in [1.54, 1.807) is 23.7 Å². The molecule has 4 nitrogen and oxygen atoms in total. The minimum Gasteiger partial charge on any atom is -0.320 e. The standard InChI is InChI=1S/C15H15FN4S/c1-20-10-18-19-15(20)9-17-8-11-4-5-13(16)12(7-11)14-3-2-6-21-14/h2-7,10,17H,8-9H2,1H3. The van der Waals surface area contributed by atoms with Gasteiger partial charge in [0.1, 0.15) is 18.0 Å². The zero-order valence-electron chi connectivity index (χ0n) is 11.6. The van der Waals surface area contributed by atoms with Crippen LogP contribution in [0.25, 0.3) is 10.4 Å². The first-order chi connectivity index (χ1) is 10.2. The van der Waals surface area contributed by atoms with Gasteiger partial charge in [-0.15, -0.1) is 21.5 Å². The van der Waals surface area contributed by atoms with E-state index >= 15 is 0 Å². The van der Waals surface area contributed by atoms with E-state index in [1.807, 2.05) is 35.2 Å². The Balaban J connectivity index is 1.69. The SMILES string of the molecule is Cn1cnnc1CNCc1ccc(F)c(-c2cccs2)c1. The monoisotopic (exact) mass is 302 g/mol. The van der Waals surface area contributed by atoms with Gasteiger partial charge in [0.25, 0.3) is 0 Å². The van der Waals surface area contributed by atoms with Crippen LogP contribution in [0.3, 0.4) is 0 Å². The summed E-state index contributed by atoms with van der Waals surface area (Å²) in [6.07, 6.45) is 1.67. The van der Waals surface area contributed by atoms with Gasteiger partial charge >= 0.3 is 0 Å². The van der Waals surface area contributed by atoms with Crippen molar-refractivity contribution in [1.29, 1.82) is 0 Å². The molecule has 0 saturated carbocycles. The number of nitrogens with zero attached hydrogens (tertiary/aromatic N) is 3. The average molecular weight is 302 g/mol. The molecule has 0 aliphatic carbocycles. The van der Waals surface area contributed by atoms with Crippen LogP contribution in [0.4, 0.5) is 4.39 Å². The van der Waals surface area contributed by atoms with Crippen molar-refractivity contribution in [2.45, 2.75) is 13.1 Å². The maximum Gasteiger partial charge on any atom is 0.146 e. The van der Waals surface area contributed by atoms with E-state index < -0.39 is 0 Å². The van der Waals surface area contributed by atoms with Crippen LogP contribution >= 0.6 is 11.3 Å². The largest absolute Gasteiger partial charge is 0.320 e. The van der Waals surface area contributed by atoms with Crippen molar-refractivity contribution in [2.75, 3.05) is 0 Å². The summed E-state index contributed by atoms with van der Waals surface area (Å²) in [5, 5.41) is 13.1. The van der Waals surface area contributed by atoms with Crippen molar-refractivity contribution in [3.63, 3.8) is 0 Å². The van der Waals surface area contributed by atoms with Gasteiger partial charge in [-0.3, -0.25) is 0 Å². The van der Waals surface area contributed by atoms with E-state index in [-0.39, 0.29) is 5.82 Å². The molecule has 0 fully saturated rings. The van der Waals surface area contributed by atoms with Crippen molar-refractivity contribution >= 4 is 11.3 Å². The summed E-state index contributed by atoms with van der Waals surface area (Å²) in [7, 11) is 1.91. The van der Waals surface area contributed by atoms with Crippen molar-refractivity contribution < 1.29 is 4.39 Å². The third-order valence-corrected chi connectivity index (χ3v) is 4.14. The second-order valence-corrected chi connectivity index (χ2v) is 5.70. The number of nitrogens with one attached hydrogen (secondary N) is 1. The Kier molecular flexibility index (Phi) is 4.08. The molecule has 3 rings (SSSR count). The van der Waals surface area contributed by atoms with Crippen LogP contribution in [0.2, 0.25) is 0 Å². The lowest BCUT2D eigenvalue weighted by Gasteiger charge is -2.07. The van der Waals surface area contributed by atoms with Gasteiger partial charge in [0.2, 0.25) is 0 Å². The summed E-state index contributed by atoms with van der Waals surface area (Å²) in [6.45, 7) is 1.29. The molecule has 0 bridgehead atoms. The first-order valence-electron chi connectivity index (χ1n) is 6.60. The lowest BCUT2D eigenvalue weighted by atomic mass is 10.1. The molecule has 0 radical (unpaired) electrons. The highest BCUT2D eigenvalue weighted by atomic mass is 32.1. The molecule has 2 aromatic heterocycles. The molecule has 6 heteroatoms. The van der Waals surface area contributed by atoms with E-state index in [4.69, 9.17) is 0 Å². The van der Waals surface area contributed by atoms with Crippen molar-refractivity contribution in [1.82, 2.24) is 20.1 Å². The predicted molar refractivity (Wildman–Crippen MR) is 81.3 cm³/mol. The Bertz CT molecular complexity index is 721. The summed E-state index contributed by atoms with van der Waals surface area (Å²) >= 11 is 1.54. The number of benzene rings is 1. The topological polar surface area (TPSA) is 42.7 Å². The lowest BCUT2D eigenvalue weighted by Crippen LogP contribution is -2.15. The van der Waals surface area contributed by atoms with E-state index in [1.165, 1.54) is 6.07 Å². The highest BCUT2D eigenvalue weighted by molar-refractivity contribution is 7.13. The molecular formula is C15H15FN4S. The summed E-state index contributed by atoms with van der Waals surface area (Å²) in [5.41, 5.74) is 1.70. The molecular weight excluding hydrogens is 287 g/mol. The van der Waals surface area contributed by atoms with Crippen LogP contribution in [0.5, 0.6) is 0 Å². The zero-order chi connectivity index (χ0) is 14.7. The molecule has 2 heterocycles. The molecule has 1 aromatic carbocycles. The second-order valence-electron chi connectivity index (χ2n) is 4.75. The van der Waals surface area contributed by atoms with E-state index in [2.05, 4.69) is 15.5 Å². The van der Waals surface area contributed by atoms with Gasteiger partial charge in [0.15, 0.2) is 0 Å². The van der Waals surface area contributed by atoms with E-state index in [0.29, 0.717) is 18.7 Å². The first kappa shape index (κ1) is 13.9. The zero-order valence-corrected chi connectivity index (χ0v) is 12.4. The third kappa shape index (κ3) is 3.17. The number of thiophene rings is 1. The predicted octanol–water partition coefficient (Wildman–Crippen LogP) is 2.97. The van der Waals surface area contributed by atoms with Gasteiger partial charge in [0, 0.05) is 24.0 Å². The molecule has 21 heavy (non-hydrogen) atoms. The fourth-order valence-corrected chi connectivity index (χ4v) is 2.83. The minimum absolute atomic E-state index is 0.186. The molecule has 0 spiro atoms. The molecule has 0 aliphatic rings. The maximum atomic E-state index is 13.9. The average Bonchev–Trinajstić information content (AvgIpc) is 3.13. The Morgan fingerprint density at radius 2 is 2.19 bits per heavy atom. The van der Waals surface area contributed by atoms with Crippen LogP contribution in [0.15, 0.2) is 42.0 Å². The summed E-state index contributed by atoms with van der Waals surface area (Å²) < 4.78 is 15.8. The fraction of sp³-hybridized carbons (Fsp3) is 0.200. The fourth-order valence-electron chi connectivity index (χ4n) is 2.09. The third-order valence-electron chi connectivity index (χ3n) is 3.23. The van der Waals surface area contributed by atoms with Crippen molar-refractivity contribution in [3.8, 4) is 10.4 Å². The number of hydrogen-bond acceptors (Lipinski definition) is 4. The number of halogens is 1. The highest BCUT2D eigenvalue weighted by Crippen LogP contribution is 2.28. The molecule has 0 amide bonds. The second kappa shape index (κ2) is 6.15. The number of aromatic nitrogens is 3. The Morgan fingerprint density at radius 3 is 2.90 bits per heavy atom. The summed E-state index contributed by atoms with van der Waals surface area (Å²) in [4.78, 5) is 0.947. The van der Waals surface area contributed by atoms with Crippen LogP contribution in [-0.4, -0.2) is 14.8 Å². The summed E-state index contributed by atoms with van der Waals surface area (Å²) in [5.74, 6) is 0.685. The molecule has 3 aromatic rings. The molecule has 0 unspecified atom stereocenters. The van der Waals surface area contributed by atoms with Gasteiger partial charge in [-0.25, -0.2) is 4.39 Å². The van der Waals surface area contributed by atoms with Gasteiger partial charge in [-0.1, -0.05) is 12.1 Å². The van der Waals surface area contributed by atoms with Gasteiger partial charge in [0.05, 0.1) is 6.54 Å². The van der Waals surface area contributed by atoms with Crippen LogP contribution in [0, 0.1) is 5.82 Å². The van der Waals surface area contributed by atoms with Crippen LogP contribution in [-0.2, 0) is 20.1 Å². The maximum absolute atomic E-state index is 13.9. The smallest absolute Gasteiger partial charge is 0.146 e. The normalized spacial score (nSPS) is 11.0. The molecule has 108 valence electrons. The lowest BCUT2D eigenvalue weighted by molar-refractivity contribution is 0.623. The number of rotatable bonds is 5. The van der Waals surface area contributed by atoms with Crippen molar-refractivity contribution in [2.24, 2.45) is 7.05 Å². The van der Waals surface area contributed by atoms with Crippen LogP contribution < -0.4 is 5.32 Å². The van der Waals surface area contributed by atoms with E-state index in [0.717, 1.165) is 16.3 Å². The Hall–Kier alpha value is -2.05. The molecule has 0 atom stereocenters. The highest BCUT2D eigenvalue weighted by Gasteiger charge is 2.07. The molecule has 0 saturated heterocycles. The van der Waals surface area contributed by atoms with E-state index in [9.17, 15) is 4.39 Å². The quantitative estimate of drug-likeness (QED) is 0.788. The summed E-state index contributed by atoms with van der Waals surface area (Å²) in [6, 6.07) is 9.08. The molecule has 1 N–H and O–H groups in total. The minimum atomic E-state index is -0.186. The first-order valence-corrected chi connectivity index (χ1v) is 7.48. The van der Waals surface area contributed by atoms with Crippen LogP contribution in [0.1, 0.15) is 11.4 Å². The van der Waals surface area contributed by atoms with Gasteiger partial charge < -0.3 is 9.88 Å².